The van der Waals surface area contributed by atoms with Gasteiger partial charge in [0, 0.05) is 36.8 Å². The number of ether oxygens (including phenoxy) is 1. The molecule has 8 nitrogen and oxygen atoms in total. The maximum atomic E-state index is 12.2. The highest BCUT2D eigenvalue weighted by Gasteiger charge is 2.27. The van der Waals surface area contributed by atoms with Gasteiger partial charge in [0.2, 0.25) is 0 Å². The summed E-state index contributed by atoms with van der Waals surface area (Å²) in [5.74, 6) is 0.817. The molecule has 2 aromatic heterocycles. The third-order valence-corrected chi connectivity index (χ3v) is 4.15. The standard InChI is InChI=1S/C16H21BrN6O2/c1-16(2,3)25-15(24)22-8-6-21(7-9-22)14-13(10-12(17)11-18-14)23-5-4-19-20-23/h4-5,10-11H,6-9H2,1-3H3. The van der Waals surface area contributed by atoms with Crippen molar-refractivity contribution in [3.05, 3.63) is 29.1 Å². The van der Waals surface area contributed by atoms with Gasteiger partial charge in [-0.25, -0.2) is 14.5 Å². The second-order valence-corrected chi connectivity index (χ2v) is 7.71. The molecule has 0 unspecified atom stereocenters. The maximum absolute atomic E-state index is 12.2. The van der Waals surface area contributed by atoms with Crippen LogP contribution in [0.5, 0.6) is 0 Å². The van der Waals surface area contributed by atoms with E-state index in [2.05, 4.69) is 36.1 Å². The third kappa shape index (κ3) is 4.28. The van der Waals surface area contributed by atoms with Crippen LogP contribution < -0.4 is 4.90 Å². The minimum Gasteiger partial charge on any atom is -0.444 e. The minimum atomic E-state index is -0.484. The Labute approximate surface area is 154 Å². The zero-order valence-corrected chi connectivity index (χ0v) is 16.1. The summed E-state index contributed by atoms with van der Waals surface area (Å²) in [4.78, 5) is 20.6. The second kappa shape index (κ2) is 6.99. The number of halogens is 1. The van der Waals surface area contributed by atoms with Crippen LogP contribution in [0.1, 0.15) is 20.8 Å². The largest absolute Gasteiger partial charge is 0.444 e. The first-order valence-electron chi connectivity index (χ1n) is 8.08. The molecule has 2 aromatic rings. The molecule has 0 radical (unpaired) electrons. The normalized spacial score (nSPS) is 15.4. The summed E-state index contributed by atoms with van der Waals surface area (Å²) in [6.45, 7) is 8.14. The van der Waals surface area contributed by atoms with E-state index in [1.807, 2.05) is 26.8 Å². The van der Waals surface area contributed by atoms with Gasteiger partial charge >= 0.3 is 6.09 Å². The molecule has 3 heterocycles. The van der Waals surface area contributed by atoms with Gasteiger partial charge in [-0.3, -0.25) is 0 Å². The number of amides is 1. The van der Waals surface area contributed by atoms with Crippen molar-refractivity contribution in [3.8, 4) is 5.69 Å². The van der Waals surface area contributed by atoms with E-state index in [0.717, 1.165) is 16.0 Å². The summed E-state index contributed by atoms with van der Waals surface area (Å²) in [7, 11) is 0. The van der Waals surface area contributed by atoms with Crippen molar-refractivity contribution in [1.29, 1.82) is 0 Å². The Morgan fingerprint density at radius 1 is 1.24 bits per heavy atom. The Bertz CT molecular complexity index is 736. The number of anilines is 1. The van der Waals surface area contributed by atoms with Crippen LogP contribution in [-0.2, 0) is 4.74 Å². The molecule has 0 N–H and O–H groups in total. The Kier molecular flexibility index (Phi) is 4.94. The smallest absolute Gasteiger partial charge is 0.410 e. The quantitative estimate of drug-likeness (QED) is 0.759. The maximum Gasteiger partial charge on any atom is 0.410 e. The van der Waals surface area contributed by atoms with Crippen LogP contribution in [0.25, 0.3) is 5.69 Å². The average molecular weight is 409 g/mol. The van der Waals surface area contributed by atoms with Gasteiger partial charge < -0.3 is 14.5 Å². The van der Waals surface area contributed by atoms with Crippen molar-refractivity contribution in [1.82, 2.24) is 24.9 Å². The van der Waals surface area contributed by atoms with Gasteiger partial charge in [0.25, 0.3) is 0 Å². The first kappa shape index (κ1) is 17.7. The lowest BCUT2D eigenvalue weighted by molar-refractivity contribution is 0.0240. The van der Waals surface area contributed by atoms with E-state index in [4.69, 9.17) is 4.74 Å². The summed E-state index contributed by atoms with van der Waals surface area (Å²) in [6.07, 6.45) is 4.90. The monoisotopic (exact) mass is 408 g/mol. The number of carbonyl (C=O) groups excluding carboxylic acids is 1. The van der Waals surface area contributed by atoms with Crippen molar-refractivity contribution in [3.63, 3.8) is 0 Å². The molecule has 0 aromatic carbocycles. The molecule has 3 rings (SSSR count). The Hall–Kier alpha value is -2.16. The molecule has 0 bridgehead atoms. The van der Waals surface area contributed by atoms with Gasteiger partial charge in [-0.2, -0.15) is 0 Å². The fourth-order valence-corrected chi connectivity index (χ4v) is 2.92. The average Bonchev–Trinajstić information content (AvgIpc) is 3.08. The van der Waals surface area contributed by atoms with Crippen molar-refractivity contribution < 1.29 is 9.53 Å². The van der Waals surface area contributed by atoms with Crippen LogP contribution in [0.15, 0.2) is 29.1 Å². The number of piperazine rings is 1. The number of hydrogen-bond acceptors (Lipinski definition) is 6. The molecule has 9 heteroatoms. The zero-order chi connectivity index (χ0) is 18.0. The van der Waals surface area contributed by atoms with Gasteiger partial charge in [0.15, 0.2) is 5.82 Å². The van der Waals surface area contributed by atoms with Gasteiger partial charge in [-0.1, -0.05) is 5.21 Å². The highest BCUT2D eigenvalue weighted by Crippen LogP contribution is 2.26. The van der Waals surface area contributed by atoms with Gasteiger partial charge in [0.05, 0.1) is 12.4 Å². The molecule has 0 saturated carbocycles. The first-order chi connectivity index (χ1) is 11.8. The van der Waals surface area contributed by atoms with E-state index in [1.54, 1.807) is 28.2 Å². The summed E-state index contributed by atoms with van der Waals surface area (Å²) < 4.78 is 8.00. The predicted molar refractivity (Wildman–Crippen MR) is 96.9 cm³/mol. The summed E-state index contributed by atoms with van der Waals surface area (Å²) in [5, 5.41) is 7.93. The summed E-state index contributed by atoms with van der Waals surface area (Å²) >= 11 is 3.45. The lowest BCUT2D eigenvalue weighted by Crippen LogP contribution is -2.50. The lowest BCUT2D eigenvalue weighted by atomic mass is 10.2. The topological polar surface area (TPSA) is 76.4 Å². The number of rotatable bonds is 2. The summed E-state index contributed by atoms with van der Waals surface area (Å²) in [6, 6.07) is 1.96. The molecular formula is C16H21BrN6O2. The van der Waals surface area contributed by atoms with E-state index >= 15 is 0 Å². The van der Waals surface area contributed by atoms with Crippen molar-refractivity contribution in [2.24, 2.45) is 0 Å². The van der Waals surface area contributed by atoms with E-state index < -0.39 is 5.60 Å². The number of aromatic nitrogens is 4. The predicted octanol–water partition coefficient (Wildman–Crippen LogP) is 2.48. The van der Waals surface area contributed by atoms with Crippen molar-refractivity contribution in [2.75, 3.05) is 31.1 Å². The third-order valence-electron chi connectivity index (χ3n) is 3.71. The number of pyridine rings is 1. The molecular weight excluding hydrogens is 388 g/mol. The molecule has 0 atom stereocenters. The van der Waals surface area contributed by atoms with Gasteiger partial charge in [-0.15, -0.1) is 5.10 Å². The van der Waals surface area contributed by atoms with Crippen molar-refractivity contribution in [2.45, 2.75) is 26.4 Å². The number of hydrogen-bond donors (Lipinski definition) is 0. The Morgan fingerprint density at radius 3 is 2.56 bits per heavy atom. The van der Waals surface area contributed by atoms with E-state index in [1.165, 1.54) is 0 Å². The second-order valence-electron chi connectivity index (χ2n) is 6.80. The van der Waals surface area contributed by atoms with Gasteiger partial charge in [-0.05, 0) is 42.8 Å². The highest BCUT2D eigenvalue weighted by molar-refractivity contribution is 9.10. The molecule has 1 aliphatic rings. The van der Waals surface area contributed by atoms with Crippen LogP contribution in [0.3, 0.4) is 0 Å². The molecule has 134 valence electrons. The van der Waals surface area contributed by atoms with Crippen LogP contribution >= 0.6 is 15.9 Å². The van der Waals surface area contributed by atoms with Gasteiger partial charge in [0.1, 0.15) is 11.3 Å². The molecule has 0 spiro atoms. The fourth-order valence-electron chi connectivity index (χ4n) is 2.60. The van der Waals surface area contributed by atoms with Crippen LogP contribution in [0.4, 0.5) is 10.6 Å². The van der Waals surface area contributed by atoms with Crippen LogP contribution in [0.2, 0.25) is 0 Å². The Morgan fingerprint density at radius 2 is 1.96 bits per heavy atom. The first-order valence-corrected chi connectivity index (χ1v) is 8.88. The van der Waals surface area contributed by atoms with Crippen LogP contribution in [-0.4, -0.2) is 62.8 Å². The molecule has 1 amide bonds. The van der Waals surface area contributed by atoms with E-state index in [-0.39, 0.29) is 6.09 Å². The highest BCUT2D eigenvalue weighted by atomic mass is 79.9. The number of carbonyl (C=O) groups is 1. The zero-order valence-electron chi connectivity index (χ0n) is 14.5. The number of nitrogens with zero attached hydrogens (tertiary/aromatic N) is 6. The van der Waals surface area contributed by atoms with Crippen LogP contribution in [0, 0.1) is 0 Å². The Balaban J connectivity index is 1.73. The molecule has 0 aliphatic carbocycles. The molecule has 1 fully saturated rings. The lowest BCUT2D eigenvalue weighted by Gasteiger charge is -2.36. The minimum absolute atomic E-state index is 0.271. The SMILES string of the molecule is CC(C)(C)OC(=O)N1CCN(c2ncc(Br)cc2-n2ccnn2)CC1. The summed E-state index contributed by atoms with van der Waals surface area (Å²) in [5.41, 5.74) is 0.361. The molecule has 1 saturated heterocycles. The molecule has 1 aliphatic heterocycles. The van der Waals surface area contributed by atoms with E-state index in [9.17, 15) is 4.79 Å². The fraction of sp³-hybridized carbons (Fsp3) is 0.500. The van der Waals surface area contributed by atoms with E-state index in [0.29, 0.717) is 26.2 Å². The van der Waals surface area contributed by atoms with Crippen molar-refractivity contribution >= 4 is 27.8 Å². The molecule has 25 heavy (non-hydrogen) atoms.